The molecule has 1 N–H and O–H groups in total. The summed E-state index contributed by atoms with van der Waals surface area (Å²) in [5.41, 5.74) is 20.4. The molecule has 20 rings (SSSR count). The Morgan fingerprint density at radius 1 is 0.232 bits per heavy atom. The molecule has 2 heterocycles. The van der Waals surface area contributed by atoms with E-state index in [1.54, 1.807) is 18.3 Å². The van der Waals surface area contributed by atoms with E-state index in [0.29, 0.717) is 5.52 Å². The van der Waals surface area contributed by atoms with E-state index < -0.39 is 0 Å². The Balaban J connectivity index is 0.000000125. The molecule has 0 saturated carbocycles. The molecule has 3 nitrogen and oxygen atoms in total. The second kappa shape index (κ2) is 23.7. The number of hydrogen-bond acceptors (Lipinski definition) is 2. The number of pyridine rings is 1. The average molecular weight is 1200 g/mol. The average Bonchev–Trinajstić information content (AvgIpc) is 1.73. The third-order valence-corrected chi connectivity index (χ3v) is 19.3. The first-order valence-corrected chi connectivity index (χ1v) is 32.1. The van der Waals surface area contributed by atoms with Crippen molar-refractivity contribution in [2.45, 2.75) is 0 Å². The van der Waals surface area contributed by atoms with Crippen molar-refractivity contribution < 1.29 is 33.4 Å². The summed E-state index contributed by atoms with van der Waals surface area (Å²) in [6.07, 6.45) is 1.75. The minimum Gasteiger partial charge on any atom is -0.868 e. The second-order valence-electron chi connectivity index (χ2n) is 24.6. The van der Waals surface area contributed by atoms with Crippen molar-refractivity contribution in [2.75, 3.05) is 0 Å². The van der Waals surface area contributed by atoms with Crippen LogP contribution in [0.15, 0.2) is 344 Å². The van der Waals surface area contributed by atoms with E-state index >= 15 is 0 Å². The number of para-hydroxylation sites is 1. The first kappa shape index (κ1) is 57.1. The zero-order valence-electron chi connectivity index (χ0n) is 52.1. The third-order valence-electron chi connectivity index (χ3n) is 19.3. The second-order valence-corrected chi connectivity index (χ2v) is 24.6. The fraction of sp³-hybridized carbons (Fsp3) is 0. The fourth-order valence-corrected chi connectivity index (χ4v) is 14.9. The quantitative estimate of drug-likeness (QED) is 0.0979. The molecule has 0 spiro atoms. The Bertz CT molecular complexity index is 6170. The maximum atomic E-state index is 11.1. The zero-order valence-corrected chi connectivity index (χ0v) is 52.1. The Labute approximate surface area is 561 Å². The van der Waals surface area contributed by atoms with Crippen LogP contribution in [0.2, 0.25) is 0 Å². The van der Waals surface area contributed by atoms with Crippen molar-refractivity contribution in [3.8, 4) is 83.6 Å². The van der Waals surface area contributed by atoms with Crippen LogP contribution in [0.4, 0.5) is 0 Å². The molecule has 0 radical (unpaired) electrons. The van der Waals surface area contributed by atoms with Crippen molar-refractivity contribution in [3.63, 3.8) is 0 Å². The van der Waals surface area contributed by atoms with Crippen LogP contribution in [-0.2, 0) is 0 Å². The van der Waals surface area contributed by atoms with E-state index in [1.165, 1.54) is 153 Å². The summed E-state index contributed by atoms with van der Waals surface area (Å²) in [6, 6.07) is 120. The van der Waals surface area contributed by atoms with Crippen molar-refractivity contribution in [3.05, 3.63) is 340 Å². The van der Waals surface area contributed by atoms with E-state index in [0.717, 1.165) is 27.3 Å². The molecule has 0 amide bonds. The van der Waals surface area contributed by atoms with Gasteiger partial charge in [-0.15, -0.1) is 0 Å². The normalized spacial score (nSPS) is 11.5. The molecular weight excluding hydrogens is 1150 g/mol. The van der Waals surface area contributed by atoms with Gasteiger partial charge in [0.2, 0.25) is 5.52 Å². The summed E-state index contributed by atoms with van der Waals surface area (Å²) in [5, 5.41) is 32.3. The number of hydrogen-bond donors (Lipinski definition) is 0. The summed E-state index contributed by atoms with van der Waals surface area (Å²) in [6.45, 7) is 0. The van der Waals surface area contributed by atoms with Crippen molar-refractivity contribution >= 4 is 108 Å². The Hall–Kier alpha value is -11.8. The summed E-state index contributed by atoms with van der Waals surface area (Å²) >= 11 is 0. The number of fused-ring (bicyclic) bond motifs is 14. The molecule has 95 heavy (non-hydrogen) atoms. The van der Waals surface area contributed by atoms with Crippen LogP contribution in [0.25, 0.3) is 186 Å². The van der Waals surface area contributed by atoms with Crippen LogP contribution in [0.3, 0.4) is 0 Å². The first-order valence-electron chi connectivity index (χ1n) is 32.1. The maximum absolute atomic E-state index is 11.1. The van der Waals surface area contributed by atoms with Crippen LogP contribution >= 0.6 is 0 Å². The van der Waals surface area contributed by atoms with Gasteiger partial charge in [-0.3, -0.25) is 0 Å². The van der Waals surface area contributed by atoms with Crippen molar-refractivity contribution in [1.82, 2.24) is 0 Å². The fourth-order valence-electron chi connectivity index (χ4n) is 14.9. The largest absolute Gasteiger partial charge is 1.00 e. The molecule has 0 unspecified atom stereocenters. The molecule has 0 fully saturated rings. The molecule has 0 saturated heterocycles. The van der Waals surface area contributed by atoms with Gasteiger partial charge in [-0.2, -0.15) is 0 Å². The minimum absolute atomic E-state index is 0. The Morgan fingerprint density at radius 3 is 1.44 bits per heavy atom. The van der Waals surface area contributed by atoms with Gasteiger partial charge in [0.1, 0.15) is 11.2 Å². The predicted molar refractivity (Wildman–Crippen MR) is 394 cm³/mol. The molecule has 0 bridgehead atoms. The van der Waals surface area contributed by atoms with Gasteiger partial charge in [-0.25, -0.2) is 4.98 Å². The number of nitrogens with one attached hydrogen (secondary N) is 1. The zero-order chi connectivity index (χ0) is 62.2. The molecular formula is C91H57LiNO2+. The number of furan rings is 1. The van der Waals surface area contributed by atoms with Gasteiger partial charge in [-0.05, 0) is 220 Å². The predicted octanol–water partition coefficient (Wildman–Crippen LogP) is 21.1. The summed E-state index contributed by atoms with van der Waals surface area (Å²) < 4.78 is 6.30. The molecule has 2 aromatic heterocycles. The van der Waals surface area contributed by atoms with Crippen LogP contribution in [0.5, 0.6) is 5.75 Å². The van der Waals surface area contributed by atoms with E-state index in [4.69, 9.17) is 4.42 Å². The summed E-state index contributed by atoms with van der Waals surface area (Å²) in [5.74, 6) is 0.0445. The van der Waals surface area contributed by atoms with E-state index in [1.807, 2.05) is 18.2 Å². The molecule has 438 valence electrons. The van der Waals surface area contributed by atoms with Gasteiger partial charge in [0, 0.05) is 22.2 Å². The van der Waals surface area contributed by atoms with Gasteiger partial charge < -0.3 is 9.52 Å². The summed E-state index contributed by atoms with van der Waals surface area (Å²) in [7, 11) is 0. The molecule has 4 heteroatoms. The molecule has 17 aromatic carbocycles. The molecule has 1 aliphatic rings. The monoisotopic (exact) mass is 1200 g/mol. The van der Waals surface area contributed by atoms with E-state index in [2.05, 4.69) is 308 Å². The number of aromatic amines is 1. The maximum Gasteiger partial charge on any atom is 1.00 e. The van der Waals surface area contributed by atoms with Gasteiger partial charge >= 0.3 is 18.9 Å². The SMILES string of the molecule is [Li+].[O-]c1cccc2ccc[nH+]c12.c1cc(-c2ccc3cc(-c4cc5ccccc5c5ccccc45)ccc3c2)cc(-c2ccc3c4c(cccc24)-c2ccccc2-3)c1.c1ccc(-c2c3ccccc3c(-c3ccc4oc5cc6ccccc6cc5c4c3)c3ccccc23)cc1. The van der Waals surface area contributed by atoms with Crippen LogP contribution in [-0.4, -0.2) is 0 Å². The minimum atomic E-state index is 0. The summed E-state index contributed by atoms with van der Waals surface area (Å²) in [4.78, 5) is 2.91. The standard InChI is InChI=1S/C46H28.C36H22O.C9H7NO.Li/c1-2-12-36-34(9-1)28-45(41-16-6-3-13-38(36)41)35-22-21-31-25-30(19-20-32(31)27-35)29-10-7-11-33(26-29)37-23-24-44-40-15-5-4-14-39(40)43-18-8-17-42(37)46(43)44;1-2-10-23(11-3-1)35-27-14-6-8-16-29(27)36(30-17-9-7-15-28(30)35)26-18-19-33-31(21-26)32-20-24-12-4-5-13-25(24)22-34(32)37-33;11-8-5-1-3-7-4-2-6-10-9(7)8;/h1-28H;1-22H;1-6,11H;/q;;;+1. The van der Waals surface area contributed by atoms with Gasteiger partial charge in [-0.1, -0.05) is 267 Å². The molecule has 1 aliphatic carbocycles. The van der Waals surface area contributed by atoms with Gasteiger partial charge in [0.05, 0.1) is 0 Å². The van der Waals surface area contributed by atoms with Gasteiger partial charge in [0.15, 0.2) is 6.20 Å². The first-order chi connectivity index (χ1) is 46.5. The van der Waals surface area contributed by atoms with Crippen LogP contribution in [0, 0.1) is 0 Å². The van der Waals surface area contributed by atoms with Crippen LogP contribution < -0.4 is 29.0 Å². The molecule has 0 aliphatic heterocycles. The van der Waals surface area contributed by atoms with Gasteiger partial charge in [0.25, 0.3) is 0 Å². The topological polar surface area (TPSA) is 50.3 Å². The van der Waals surface area contributed by atoms with Crippen molar-refractivity contribution in [2.24, 2.45) is 0 Å². The number of rotatable bonds is 5. The third kappa shape index (κ3) is 9.88. The Morgan fingerprint density at radius 2 is 0.705 bits per heavy atom. The Kier molecular flexibility index (Phi) is 14.2. The smallest absolute Gasteiger partial charge is 0.868 e. The van der Waals surface area contributed by atoms with E-state index in [-0.39, 0.29) is 24.6 Å². The van der Waals surface area contributed by atoms with Crippen molar-refractivity contribution in [1.29, 1.82) is 0 Å². The number of aromatic nitrogens is 1. The molecule has 19 aromatic rings. The number of benzene rings is 17. The number of H-pyrrole nitrogens is 1. The van der Waals surface area contributed by atoms with E-state index in [9.17, 15) is 5.11 Å². The molecule has 0 atom stereocenters. The van der Waals surface area contributed by atoms with Crippen LogP contribution in [0.1, 0.15) is 0 Å².